The van der Waals surface area contributed by atoms with Crippen molar-refractivity contribution in [3.8, 4) is 0 Å². The van der Waals surface area contributed by atoms with Crippen LogP contribution in [0.5, 0.6) is 0 Å². The number of halogens is 2. The van der Waals surface area contributed by atoms with E-state index >= 15 is 0 Å². The Morgan fingerprint density at radius 2 is 2.22 bits per heavy atom. The summed E-state index contributed by atoms with van der Waals surface area (Å²) < 4.78 is 13.6. The van der Waals surface area contributed by atoms with E-state index in [1.54, 1.807) is 6.92 Å². The van der Waals surface area contributed by atoms with Crippen molar-refractivity contribution in [2.45, 2.75) is 24.9 Å². The highest BCUT2D eigenvalue weighted by Gasteiger charge is 2.12. The topological polar surface area (TPSA) is 74.8 Å². The Kier molecular flexibility index (Phi) is 5.79. The summed E-state index contributed by atoms with van der Waals surface area (Å²) >= 11 is 6.99. The number of aromatic amines is 1. The molecule has 0 radical (unpaired) electrons. The lowest BCUT2D eigenvalue weighted by molar-refractivity contribution is -0.116. The average molecular weight is 356 g/mol. The number of H-pyrrole nitrogens is 1. The maximum absolute atomic E-state index is 13.6. The third kappa shape index (κ3) is 4.56. The van der Waals surface area contributed by atoms with Crippen LogP contribution in [0.3, 0.4) is 0 Å². The van der Waals surface area contributed by atoms with E-state index in [1.165, 1.54) is 23.9 Å². The minimum Gasteiger partial charge on any atom is -0.324 e. The van der Waals surface area contributed by atoms with Gasteiger partial charge in [0.2, 0.25) is 5.91 Å². The van der Waals surface area contributed by atoms with Crippen molar-refractivity contribution in [2.75, 3.05) is 11.6 Å². The quantitative estimate of drug-likeness (QED) is 0.638. The van der Waals surface area contributed by atoms with Crippen molar-refractivity contribution in [1.29, 1.82) is 0 Å². The zero-order valence-corrected chi connectivity index (χ0v) is 14.1. The largest absolute Gasteiger partial charge is 0.324 e. The third-order valence-electron chi connectivity index (χ3n) is 3.20. The fourth-order valence-electron chi connectivity index (χ4n) is 2.02. The molecule has 0 bridgehead atoms. The van der Waals surface area contributed by atoms with Crippen LogP contribution in [-0.2, 0) is 11.2 Å². The van der Waals surface area contributed by atoms with Gasteiger partial charge in [0.15, 0.2) is 5.16 Å². The lowest BCUT2D eigenvalue weighted by Gasteiger charge is -2.08. The Morgan fingerprint density at radius 1 is 1.48 bits per heavy atom. The molecule has 8 heteroatoms. The van der Waals surface area contributed by atoms with Crippen LogP contribution in [0.4, 0.5) is 10.1 Å². The monoisotopic (exact) mass is 355 g/mol. The summed E-state index contributed by atoms with van der Waals surface area (Å²) in [6.07, 6.45) is 2.08. The molecule has 0 spiro atoms. The van der Waals surface area contributed by atoms with E-state index in [-0.39, 0.29) is 35.0 Å². The van der Waals surface area contributed by atoms with E-state index in [0.29, 0.717) is 16.4 Å². The summed E-state index contributed by atoms with van der Waals surface area (Å²) in [5.74, 6) is -0.996. The molecule has 0 saturated carbocycles. The van der Waals surface area contributed by atoms with Crippen molar-refractivity contribution < 1.29 is 9.18 Å². The van der Waals surface area contributed by atoms with Gasteiger partial charge in [0.25, 0.3) is 5.56 Å². The number of amides is 1. The standard InChI is InChI=1S/C15H15ClFN3O2S/c1-8-10(14(22)20-15(18-8)23-2)4-6-13(21)19-12-5-3-9(16)7-11(12)17/h3,5,7H,4,6H2,1-2H3,(H,19,21)(H,18,20,22). The molecule has 0 aliphatic carbocycles. The first-order valence-corrected chi connectivity index (χ1v) is 8.39. The molecule has 5 nitrogen and oxygen atoms in total. The van der Waals surface area contributed by atoms with E-state index in [4.69, 9.17) is 11.6 Å². The maximum atomic E-state index is 13.6. The molecule has 2 N–H and O–H groups in total. The first-order valence-electron chi connectivity index (χ1n) is 6.79. The fraction of sp³-hybridized carbons (Fsp3) is 0.267. The summed E-state index contributed by atoms with van der Waals surface area (Å²) in [7, 11) is 0. The number of carbonyl (C=O) groups excluding carboxylic acids is 1. The van der Waals surface area contributed by atoms with Crippen LogP contribution in [0.2, 0.25) is 5.02 Å². The van der Waals surface area contributed by atoms with Crippen LogP contribution >= 0.6 is 23.4 Å². The molecule has 1 heterocycles. The van der Waals surface area contributed by atoms with Crippen molar-refractivity contribution in [3.63, 3.8) is 0 Å². The summed E-state index contributed by atoms with van der Waals surface area (Å²) in [5.41, 5.74) is 0.839. The van der Waals surface area contributed by atoms with Gasteiger partial charge < -0.3 is 10.3 Å². The Balaban J connectivity index is 2.03. The van der Waals surface area contributed by atoms with Crippen LogP contribution in [-0.4, -0.2) is 22.1 Å². The normalized spacial score (nSPS) is 10.6. The van der Waals surface area contributed by atoms with Gasteiger partial charge in [0.1, 0.15) is 5.82 Å². The molecule has 0 saturated heterocycles. The zero-order valence-electron chi connectivity index (χ0n) is 12.6. The van der Waals surface area contributed by atoms with E-state index < -0.39 is 5.82 Å². The molecule has 1 aromatic heterocycles. The Labute approximate surface area is 141 Å². The third-order valence-corrected chi connectivity index (χ3v) is 4.02. The number of aromatic nitrogens is 2. The molecule has 0 atom stereocenters. The van der Waals surface area contributed by atoms with Crippen molar-refractivity contribution in [3.05, 3.63) is 50.7 Å². The lowest BCUT2D eigenvalue weighted by atomic mass is 10.1. The molecule has 1 aromatic carbocycles. The summed E-state index contributed by atoms with van der Waals surface area (Å²) in [5, 5.41) is 3.24. The van der Waals surface area contributed by atoms with Crippen molar-refractivity contribution >= 4 is 35.0 Å². The number of aryl methyl sites for hydroxylation is 1. The highest BCUT2D eigenvalue weighted by atomic mass is 35.5. The van der Waals surface area contributed by atoms with Gasteiger partial charge in [-0.15, -0.1) is 0 Å². The van der Waals surface area contributed by atoms with Gasteiger partial charge >= 0.3 is 0 Å². The second-order valence-electron chi connectivity index (χ2n) is 4.81. The molecule has 2 aromatic rings. The van der Waals surface area contributed by atoms with Crippen LogP contribution in [0.15, 0.2) is 28.2 Å². The SMILES string of the molecule is CSc1nc(C)c(CCC(=O)Nc2ccc(Cl)cc2F)c(=O)[nH]1. The first kappa shape index (κ1) is 17.5. The molecule has 0 aliphatic rings. The number of rotatable bonds is 5. The van der Waals surface area contributed by atoms with Crippen LogP contribution in [0, 0.1) is 12.7 Å². The van der Waals surface area contributed by atoms with Crippen LogP contribution in [0.1, 0.15) is 17.7 Å². The highest BCUT2D eigenvalue weighted by molar-refractivity contribution is 7.98. The molecule has 2 rings (SSSR count). The molecule has 0 aliphatic heterocycles. The van der Waals surface area contributed by atoms with Crippen LogP contribution < -0.4 is 10.9 Å². The number of nitrogens with zero attached hydrogens (tertiary/aromatic N) is 1. The smallest absolute Gasteiger partial charge is 0.254 e. The molecular weight excluding hydrogens is 341 g/mol. The number of anilines is 1. The second-order valence-corrected chi connectivity index (χ2v) is 6.04. The lowest BCUT2D eigenvalue weighted by Crippen LogP contribution is -2.20. The number of thioether (sulfide) groups is 1. The number of nitrogens with one attached hydrogen (secondary N) is 2. The molecule has 1 amide bonds. The van der Waals surface area contributed by atoms with Crippen molar-refractivity contribution in [2.24, 2.45) is 0 Å². The number of benzene rings is 1. The molecule has 0 unspecified atom stereocenters. The number of hydrogen-bond donors (Lipinski definition) is 2. The molecule has 122 valence electrons. The summed E-state index contributed by atoms with van der Waals surface area (Å²) in [6.45, 7) is 1.72. The first-order chi connectivity index (χ1) is 10.9. The molecule has 23 heavy (non-hydrogen) atoms. The van der Waals surface area contributed by atoms with Gasteiger partial charge in [-0.3, -0.25) is 9.59 Å². The van der Waals surface area contributed by atoms with E-state index in [2.05, 4.69) is 15.3 Å². The second kappa shape index (κ2) is 7.61. The van der Waals surface area contributed by atoms with Gasteiger partial charge in [-0.25, -0.2) is 9.37 Å². The van der Waals surface area contributed by atoms with Crippen LogP contribution in [0.25, 0.3) is 0 Å². The van der Waals surface area contributed by atoms with E-state index in [0.717, 1.165) is 6.07 Å². The molecular formula is C15H15ClFN3O2S. The Bertz CT molecular complexity index is 795. The van der Waals surface area contributed by atoms with Gasteiger partial charge in [0, 0.05) is 22.7 Å². The van der Waals surface area contributed by atoms with Gasteiger partial charge in [-0.05, 0) is 37.8 Å². The predicted octanol–water partition coefficient (Wildman–Crippen LogP) is 3.16. The molecule has 0 fully saturated rings. The summed E-state index contributed by atoms with van der Waals surface area (Å²) in [4.78, 5) is 30.8. The van der Waals surface area contributed by atoms with E-state index in [1.807, 2.05) is 6.26 Å². The maximum Gasteiger partial charge on any atom is 0.254 e. The zero-order chi connectivity index (χ0) is 17.0. The highest BCUT2D eigenvalue weighted by Crippen LogP contribution is 2.19. The fourth-order valence-corrected chi connectivity index (χ4v) is 2.60. The minimum atomic E-state index is -0.606. The number of carbonyl (C=O) groups is 1. The van der Waals surface area contributed by atoms with Gasteiger partial charge in [-0.2, -0.15) is 0 Å². The summed E-state index contributed by atoms with van der Waals surface area (Å²) in [6, 6.07) is 4.00. The predicted molar refractivity (Wildman–Crippen MR) is 89.7 cm³/mol. The van der Waals surface area contributed by atoms with E-state index in [9.17, 15) is 14.0 Å². The minimum absolute atomic E-state index is 0.0479. The Hall–Kier alpha value is -1.86. The average Bonchev–Trinajstić information content (AvgIpc) is 2.49. The van der Waals surface area contributed by atoms with Gasteiger partial charge in [0.05, 0.1) is 5.69 Å². The number of hydrogen-bond acceptors (Lipinski definition) is 4. The van der Waals surface area contributed by atoms with Crippen molar-refractivity contribution in [1.82, 2.24) is 9.97 Å². The Morgan fingerprint density at radius 3 is 2.83 bits per heavy atom. The van der Waals surface area contributed by atoms with Gasteiger partial charge in [-0.1, -0.05) is 23.4 Å².